The molecular weight excluding hydrogens is 460 g/mol. The molecule has 3 aliphatic heterocycles. The van der Waals surface area contributed by atoms with Gasteiger partial charge in [0, 0.05) is 35.8 Å². The zero-order chi connectivity index (χ0) is 24.9. The molecule has 0 radical (unpaired) electrons. The van der Waals surface area contributed by atoms with Crippen LogP contribution in [0.25, 0.3) is 10.9 Å². The molecule has 2 aromatic carbocycles. The standard InChI is InChI=1S/C27H28N4O5/c1-2-27(25(33)31(26(34)29-27)15-17-3-6-22-23(13-17)36-16-35-22)20-8-11-30(12-9-20)24(32)19-4-5-21-18(14-19)7-10-28-21/h3-7,10,13-14,20,28H,2,8-9,11-12,15-16H2,1H3,(H,29,34). The molecule has 9 heteroatoms. The number of hydrogen-bond donors (Lipinski definition) is 2. The minimum Gasteiger partial charge on any atom is -0.454 e. The average molecular weight is 489 g/mol. The molecule has 1 unspecified atom stereocenters. The summed E-state index contributed by atoms with van der Waals surface area (Å²) in [6.45, 7) is 3.36. The van der Waals surface area contributed by atoms with Crippen molar-refractivity contribution >= 4 is 28.7 Å². The van der Waals surface area contributed by atoms with E-state index >= 15 is 0 Å². The Balaban J connectivity index is 1.15. The highest BCUT2D eigenvalue weighted by Crippen LogP contribution is 2.38. The third-order valence-corrected chi connectivity index (χ3v) is 7.82. The van der Waals surface area contributed by atoms with E-state index in [1.54, 1.807) is 6.07 Å². The maximum absolute atomic E-state index is 13.6. The van der Waals surface area contributed by atoms with Crippen LogP contribution in [0.5, 0.6) is 11.5 Å². The summed E-state index contributed by atoms with van der Waals surface area (Å²) < 4.78 is 10.8. The van der Waals surface area contributed by atoms with Gasteiger partial charge in [-0.05, 0) is 67.1 Å². The summed E-state index contributed by atoms with van der Waals surface area (Å²) >= 11 is 0. The number of fused-ring (bicyclic) bond motifs is 2. The lowest BCUT2D eigenvalue weighted by molar-refractivity contribution is -0.134. The second-order valence-corrected chi connectivity index (χ2v) is 9.68. The van der Waals surface area contributed by atoms with Gasteiger partial charge in [0.1, 0.15) is 5.54 Å². The van der Waals surface area contributed by atoms with Crippen molar-refractivity contribution in [2.45, 2.75) is 38.3 Å². The molecule has 4 amide bonds. The summed E-state index contributed by atoms with van der Waals surface area (Å²) in [4.78, 5) is 46.0. The maximum atomic E-state index is 13.6. The molecule has 36 heavy (non-hydrogen) atoms. The van der Waals surface area contributed by atoms with E-state index < -0.39 is 5.54 Å². The smallest absolute Gasteiger partial charge is 0.325 e. The highest BCUT2D eigenvalue weighted by molar-refractivity contribution is 6.07. The Kier molecular flexibility index (Phi) is 5.35. The molecule has 0 bridgehead atoms. The first-order valence-corrected chi connectivity index (χ1v) is 12.4. The van der Waals surface area contributed by atoms with Gasteiger partial charge in [-0.2, -0.15) is 0 Å². The van der Waals surface area contributed by atoms with E-state index in [1.165, 1.54) is 4.90 Å². The minimum absolute atomic E-state index is 0.00619. The van der Waals surface area contributed by atoms with Crippen LogP contribution in [0, 0.1) is 5.92 Å². The lowest BCUT2D eigenvalue weighted by Gasteiger charge is -2.40. The number of nitrogens with one attached hydrogen (secondary N) is 2. The number of ether oxygens (including phenoxy) is 2. The first-order chi connectivity index (χ1) is 17.5. The molecule has 3 aromatic rings. The van der Waals surface area contributed by atoms with Gasteiger partial charge in [-0.3, -0.25) is 14.5 Å². The number of piperidine rings is 1. The van der Waals surface area contributed by atoms with Gasteiger partial charge < -0.3 is 24.7 Å². The van der Waals surface area contributed by atoms with Crippen LogP contribution >= 0.6 is 0 Å². The lowest BCUT2D eigenvalue weighted by Crippen LogP contribution is -2.56. The van der Waals surface area contributed by atoms with Crippen LogP contribution in [0.4, 0.5) is 4.79 Å². The van der Waals surface area contributed by atoms with Crippen molar-refractivity contribution in [3.05, 3.63) is 59.8 Å². The van der Waals surface area contributed by atoms with E-state index in [0.717, 1.165) is 16.5 Å². The Morgan fingerprint density at radius 2 is 1.86 bits per heavy atom. The van der Waals surface area contributed by atoms with Crippen molar-refractivity contribution in [3.63, 3.8) is 0 Å². The number of aromatic amines is 1. The topological polar surface area (TPSA) is 104 Å². The maximum Gasteiger partial charge on any atom is 0.325 e. The largest absolute Gasteiger partial charge is 0.454 e. The van der Waals surface area contributed by atoms with Gasteiger partial charge in [0.15, 0.2) is 11.5 Å². The SMILES string of the molecule is CCC1(C2CCN(C(=O)c3ccc4[nH]ccc4c3)CC2)NC(=O)N(Cc2ccc3c(c2)OCO3)C1=O. The Hall–Kier alpha value is -4.01. The Morgan fingerprint density at radius 1 is 1.06 bits per heavy atom. The number of urea groups is 1. The van der Waals surface area contributed by atoms with Crippen LogP contribution in [-0.4, -0.2) is 58.1 Å². The van der Waals surface area contributed by atoms with Crippen molar-refractivity contribution in [3.8, 4) is 11.5 Å². The molecule has 6 rings (SSSR count). The number of aromatic nitrogens is 1. The molecule has 2 saturated heterocycles. The second kappa shape index (κ2) is 8.58. The van der Waals surface area contributed by atoms with E-state index in [2.05, 4.69) is 10.3 Å². The fraction of sp³-hybridized carbons (Fsp3) is 0.370. The molecular formula is C27H28N4O5. The molecule has 186 valence electrons. The highest BCUT2D eigenvalue weighted by atomic mass is 16.7. The number of benzene rings is 2. The highest BCUT2D eigenvalue weighted by Gasteiger charge is 2.55. The lowest BCUT2D eigenvalue weighted by atomic mass is 9.75. The average Bonchev–Trinajstić information content (AvgIpc) is 3.63. The molecule has 0 aliphatic carbocycles. The van der Waals surface area contributed by atoms with Gasteiger partial charge in [0.25, 0.3) is 11.8 Å². The molecule has 0 saturated carbocycles. The summed E-state index contributed by atoms with van der Waals surface area (Å²) in [6, 6.07) is 12.7. The van der Waals surface area contributed by atoms with Gasteiger partial charge >= 0.3 is 6.03 Å². The van der Waals surface area contributed by atoms with Crippen LogP contribution in [-0.2, 0) is 11.3 Å². The molecule has 1 aromatic heterocycles. The predicted octanol–water partition coefficient (Wildman–Crippen LogP) is 3.65. The molecule has 3 aliphatic rings. The summed E-state index contributed by atoms with van der Waals surface area (Å²) in [6.07, 6.45) is 3.65. The quantitative estimate of drug-likeness (QED) is 0.534. The van der Waals surface area contributed by atoms with Gasteiger partial charge in [0.2, 0.25) is 6.79 Å². The normalized spacial score (nSPS) is 21.9. The van der Waals surface area contributed by atoms with Crippen molar-refractivity contribution in [1.29, 1.82) is 0 Å². The van der Waals surface area contributed by atoms with Crippen LogP contribution in [0.15, 0.2) is 48.7 Å². The van der Waals surface area contributed by atoms with Crippen molar-refractivity contribution in [1.82, 2.24) is 20.1 Å². The third kappa shape index (κ3) is 3.57. The van der Waals surface area contributed by atoms with E-state index in [-0.39, 0.29) is 37.1 Å². The number of carbonyl (C=O) groups is 3. The number of likely N-dealkylation sites (tertiary alicyclic amines) is 1. The van der Waals surface area contributed by atoms with E-state index in [1.807, 2.05) is 54.4 Å². The Bertz CT molecular complexity index is 1360. The summed E-state index contributed by atoms with van der Waals surface area (Å²) in [5.41, 5.74) is 1.50. The predicted molar refractivity (Wildman–Crippen MR) is 132 cm³/mol. The Morgan fingerprint density at radius 3 is 2.67 bits per heavy atom. The Labute approximate surface area is 208 Å². The number of rotatable bonds is 5. The van der Waals surface area contributed by atoms with Crippen LogP contribution < -0.4 is 14.8 Å². The molecule has 2 fully saturated rings. The van der Waals surface area contributed by atoms with Crippen molar-refractivity contribution in [2.24, 2.45) is 5.92 Å². The van der Waals surface area contributed by atoms with Gasteiger partial charge in [-0.15, -0.1) is 0 Å². The first-order valence-electron chi connectivity index (χ1n) is 12.4. The molecule has 0 spiro atoms. The summed E-state index contributed by atoms with van der Waals surface area (Å²) in [5.74, 6) is 1.03. The van der Waals surface area contributed by atoms with E-state index in [4.69, 9.17) is 9.47 Å². The number of nitrogens with zero attached hydrogens (tertiary/aromatic N) is 2. The molecule has 1 atom stereocenters. The number of imide groups is 1. The number of H-pyrrole nitrogens is 1. The zero-order valence-electron chi connectivity index (χ0n) is 20.1. The fourth-order valence-electron chi connectivity index (χ4n) is 5.76. The number of amides is 4. The van der Waals surface area contributed by atoms with Crippen molar-refractivity contribution in [2.75, 3.05) is 19.9 Å². The molecule has 4 heterocycles. The van der Waals surface area contributed by atoms with Crippen molar-refractivity contribution < 1.29 is 23.9 Å². The summed E-state index contributed by atoms with van der Waals surface area (Å²) in [7, 11) is 0. The van der Waals surface area contributed by atoms with Crippen LogP contribution in [0.1, 0.15) is 42.1 Å². The van der Waals surface area contributed by atoms with E-state index in [9.17, 15) is 14.4 Å². The minimum atomic E-state index is -0.952. The fourth-order valence-corrected chi connectivity index (χ4v) is 5.76. The van der Waals surface area contributed by atoms with Crippen LogP contribution in [0.3, 0.4) is 0 Å². The summed E-state index contributed by atoms with van der Waals surface area (Å²) in [5, 5.41) is 4.03. The number of hydrogen-bond acceptors (Lipinski definition) is 5. The van der Waals surface area contributed by atoms with Gasteiger partial charge in [-0.25, -0.2) is 4.79 Å². The molecule has 2 N–H and O–H groups in total. The second-order valence-electron chi connectivity index (χ2n) is 9.68. The first kappa shape index (κ1) is 22.5. The van der Waals surface area contributed by atoms with E-state index in [0.29, 0.717) is 49.4 Å². The molecule has 9 nitrogen and oxygen atoms in total. The van der Waals surface area contributed by atoms with Crippen LogP contribution in [0.2, 0.25) is 0 Å². The monoisotopic (exact) mass is 488 g/mol. The number of carbonyl (C=O) groups excluding carboxylic acids is 3. The zero-order valence-corrected chi connectivity index (χ0v) is 20.1. The van der Waals surface area contributed by atoms with Gasteiger partial charge in [-0.1, -0.05) is 13.0 Å². The third-order valence-electron chi connectivity index (χ3n) is 7.82. The van der Waals surface area contributed by atoms with Gasteiger partial charge in [0.05, 0.1) is 6.54 Å².